The van der Waals surface area contributed by atoms with Crippen molar-refractivity contribution in [2.45, 2.75) is 32.9 Å². The van der Waals surface area contributed by atoms with E-state index in [1.165, 1.54) is 23.5 Å². The molecule has 0 aliphatic carbocycles. The highest BCUT2D eigenvalue weighted by atomic mass is 32.2. The van der Waals surface area contributed by atoms with Gasteiger partial charge in [-0.1, -0.05) is 30.0 Å². The number of hydrogen-bond donors (Lipinski definition) is 2. The minimum atomic E-state index is -0.280. The van der Waals surface area contributed by atoms with Crippen LogP contribution in [0.15, 0.2) is 52.5 Å². The number of rotatable bonds is 5. The van der Waals surface area contributed by atoms with E-state index in [0.717, 1.165) is 28.1 Å². The van der Waals surface area contributed by atoms with Crippen molar-refractivity contribution in [2.24, 2.45) is 0 Å². The molecule has 0 unspecified atom stereocenters. The van der Waals surface area contributed by atoms with Crippen LogP contribution in [-0.4, -0.2) is 31.4 Å². The number of H-pyrrole nitrogens is 1. The molecular formula is C23H23N5O2S. The van der Waals surface area contributed by atoms with Crippen LogP contribution >= 0.6 is 11.8 Å². The first-order chi connectivity index (χ1) is 14.8. The van der Waals surface area contributed by atoms with Gasteiger partial charge in [-0.15, -0.1) is 0 Å². The van der Waals surface area contributed by atoms with Gasteiger partial charge in [0.05, 0.1) is 17.6 Å². The largest absolute Gasteiger partial charge is 0.325 e. The van der Waals surface area contributed by atoms with Crippen LogP contribution in [0.2, 0.25) is 0 Å². The minimum Gasteiger partial charge on any atom is -0.325 e. The van der Waals surface area contributed by atoms with Crippen molar-refractivity contribution in [1.82, 2.24) is 19.7 Å². The van der Waals surface area contributed by atoms with E-state index in [9.17, 15) is 9.59 Å². The van der Waals surface area contributed by atoms with Gasteiger partial charge in [-0.3, -0.25) is 9.59 Å². The van der Waals surface area contributed by atoms with Crippen molar-refractivity contribution in [1.29, 1.82) is 0 Å². The van der Waals surface area contributed by atoms with Crippen LogP contribution in [0.5, 0.6) is 0 Å². The van der Waals surface area contributed by atoms with Gasteiger partial charge < -0.3 is 10.3 Å². The molecule has 0 radical (unpaired) electrons. The molecule has 0 atom stereocenters. The summed E-state index contributed by atoms with van der Waals surface area (Å²) in [7, 11) is 0. The van der Waals surface area contributed by atoms with Gasteiger partial charge in [0.25, 0.3) is 5.56 Å². The van der Waals surface area contributed by atoms with E-state index in [1.807, 2.05) is 64.1 Å². The number of aromatic nitrogens is 4. The summed E-state index contributed by atoms with van der Waals surface area (Å²) >= 11 is 1.18. The third-order valence-electron chi connectivity index (χ3n) is 5.16. The molecule has 0 saturated carbocycles. The maximum absolute atomic E-state index is 12.5. The van der Waals surface area contributed by atoms with Gasteiger partial charge in [-0.25, -0.2) is 9.67 Å². The number of anilines is 1. The van der Waals surface area contributed by atoms with Gasteiger partial charge in [-0.05, 0) is 68.1 Å². The fourth-order valence-electron chi connectivity index (χ4n) is 3.20. The number of amides is 1. The molecule has 0 fully saturated rings. The Morgan fingerprint density at radius 3 is 2.61 bits per heavy atom. The molecule has 0 aliphatic heterocycles. The number of aryl methyl sites for hydroxylation is 4. The first kappa shape index (κ1) is 20.9. The van der Waals surface area contributed by atoms with E-state index in [1.54, 1.807) is 4.68 Å². The first-order valence-electron chi connectivity index (χ1n) is 9.87. The highest BCUT2D eigenvalue weighted by molar-refractivity contribution is 7.99. The fraction of sp³-hybridized carbons (Fsp3) is 0.217. The zero-order valence-electron chi connectivity index (χ0n) is 17.8. The molecule has 31 heavy (non-hydrogen) atoms. The van der Waals surface area contributed by atoms with Crippen LogP contribution in [0.3, 0.4) is 0 Å². The average molecular weight is 434 g/mol. The lowest BCUT2D eigenvalue weighted by atomic mass is 10.1. The van der Waals surface area contributed by atoms with Gasteiger partial charge in [0, 0.05) is 5.69 Å². The molecule has 4 rings (SSSR count). The lowest BCUT2D eigenvalue weighted by molar-refractivity contribution is -0.113. The van der Waals surface area contributed by atoms with Crippen LogP contribution in [0.4, 0.5) is 5.69 Å². The van der Waals surface area contributed by atoms with Crippen molar-refractivity contribution >= 4 is 34.4 Å². The van der Waals surface area contributed by atoms with Crippen LogP contribution in [-0.2, 0) is 4.79 Å². The van der Waals surface area contributed by atoms with Crippen molar-refractivity contribution in [3.05, 3.63) is 75.2 Å². The number of fused-ring (bicyclic) bond motifs is 1. The Bertz CT molecular complexity index is 1360. The normalized spacial score (nSPS) is 11.1. The summed E-state index contributed by atoms with van der Waals surface area (Å²) < 4.78 is 1.65. The van der Waals surface area contributed by atoms with E-state index in [2.05, 4.69) is 20.4 Å². The van der Waals surface area contributed by atoms with Gasteiger partial charge in [-0.2, -0.15) is 5.10 Å². The topological polar surface area (TPSA) is 92.7 Å². The number of carbonyl (C=O) groups excluding carboxylic acids is 1. The van der Waals surface area contributed by atoms with E-state index in [-0.39, 0.29) is 17.2 Å². The lowest BCUT2D eigenvalue weighted by Crippen LogP contribution is -2.16. The summed E-state index contributed by atoms with van der Waals surface area (Å²) in [6, 6.07) is 11.9. The van der Waals surface area contributed by atoms with Crippen molar-refractivity contribution in [3.63, 3.8) is 0 Å². The maximum atomic E-state index is 12.5. The molecule has 8 heteroatoms. The Kier molecular flexibility index (Phi) is 5.65. The third kappa shape index (κ3) is 4.39. The molecule has 1 amide bonds. The molecule has 2 N–H and O–H groups in total. The molecule has 0 spiro atoms. The fourth-order valence-corrected chi connectivity index (χ4v) is 3.86. The van der Waals surface area contributed by atoms with E-state index >= 15 is 0 Å². The number of aromatic amines is 1. The SMILES string of the molecule is Cc1ccc(C)c(NC(=O)CSc2nc3c(cnn3-c3ccc(C)c(C)c3)c(=O)[nH]2)c1. The molecule has 2 heterocycles. The molecule has 0 bridgehead atoms. The molecule has 0 aliphatic rings. The Morgan fingerprint density at radius 1 is 1.06 bits per heavy atom. The Morgan fingerprint density at radius 2 is 1.84 bits per heavy atom. The molecule has 2 aromatic carbocycles. The second kappa shape index (κ2) is 8.39. The number of hydrogen-bond acceptors (Lipinski definition) is 5. The molecule has 2 aromatic heterocycles. The van der Waals surface area contributed by atoms with Crippen LogP contribution < -0.4 is 10.9 Å². The summed E-state index contributed by atoms with van der Waals surface area (Å²) in [4.78, 5) is 32.3. The van der Waals surface area contributed by atoms with Crippen molar-refractivity contribution < 1.29 is 4.79 Å². The summed E-state index contributed by atoms with van der Waals surface area (Å²) in [5.74, 6) is -0.0382. The van der Waals surface area contributed by atoms with Crippen molar-refractivity contribution in [2.75, 3.05) is 11.1 Å². The highest BCUT2D eigenvalue weighted by Crippen LogP contribution is 2.21. The molecule has 158 valence electrons. The number of benzene rings is 2. The number of nitrogens with zero attached hydrogens (tertiary/aromatic N) is 3. The zero-order chi connectivity index (χ0) is 22.1. The van der Waals surface area contributed by atoms with Crippen LogP contribution in [0, 0.1) is 27.7 Å². The minimum absolute atomic E-state index is 0.125. The first-order valence-corrected chi connectivity index (χ1v) is 10.9. The Labute approximate surface area is 183 Å². The van der Waals surface area contributed by atoms with E-state index < -0.39 is 0 Å². The Hall–Kier alpha value is -3.39. The zero-order valence-corrected chi connectivity index (χ0v) is 18.6. The smallest absolute Gasteiger partial charge is 0.262 e. The second-order valence-electron chi connectivity index (χ2n) is 7.59. The van der Waals surface area contributed by atoms with Gasteiger partial charge in [0.1, 0.15) is 5.39 Å². The number of carbonyl (C=O) groups is 1. The van der Waals surface area contributed by atoms with Gasteiger partial charge >= 0.3 is 0 Å². The average Bonchev–Trinajstić information content (AvgIpc) is 3.16. The van der Waals surface area contributed by atoms with Crippen molar-refractivity contribution in [3.8, 4) is 5.69 Å². The summed E-state index contributed by atoms with van der Waals surface area (Å²) in [6.07, 6.45) is 1.51. The second-order valence-corrected chi connectivity index (χ2v) is 8.55. The molecule has 7 nitrogen and oxygen atoms in total. The Balaban J connectivity index is 1.57. The number of nitrogens with one attached hydrogen (secondary N) is 2. The maximum Gasteiger partial charge on any atom is 0.262 e. The van der Waals surface area contributed by atoms with Crippen LogP contribution in [0.25, 0.3) is 16.7 Å². The summed E-state index contributed by atoms with van der Waals surface area (Å²) in [5, 5.41) is 8.05. The molecule has 0 saturated heterocycles. The van der Waals surface area contributed by atoms with E-state index in [0.29, 0.717) is 16.2 Å². The predicted molar refractivity (Wildman–Crippen MR) is 124 cm³/mol. The molecule has 4 aromatic rings. The molecular weight excluding hydrogens is 410 g/mol. The monoisotopic (exact) mass is 433 g/mol. The standard InChI is InChI=1S/C23H23N5O2S/c1-13-5-6-15(3)19(9-13)25-20(29)12-31-23-26-21-18(22(30)27-23)11-24-28(21)17-8-7-14(2)16(4)10-17/h5-11H,12H2,1-4H3,(H,25,29)(H,26,27,30). The van der Waals surface area contributed by atoms with Gasteiger partial charge in [0.15, 0.2) is 10.8 Å². The number of thioether (sulfide) groups is 1. The predicted octanol–water partition coefficient (Wildman–Crippen LogP) is 4.07. The quantitative estimate of drug-likeness (QED) is 0.366. The van der Waals surface area contributed by atoms with Gasteiger partial charge in [0.2, 0.25) is 5.91 Å². The van der Waals surface area contributed by atoms with E-state index in [4.69, 9.17) is 0 Å². The van der Waals surface area contributed by atoms with Crippen LogP contribution in [0.1, 0.15) is 22.3 Å². The highest BCUT2D eigenvalue weighted by Gasteiger charge is 2.14. The summed E-state index contributed by atoms with van der Waals surface area (Å²) in [6.45, 7) is 8.00. The summed E-state index contributed by atoms with van der Waals surface area (Å²) in [5.41, 5.74) is 6.18. The third-order valence-corrected chi connectivity index (χ3v) is 6.03. The lowest BCUT2D eigenvalue weighted by Gasteiger charge is -2.09.